The molecule has 0 aromatic rings. The maximum Gasteiger partial charge on any atom is 0.323 e. The second-order valence-corrected chi connectivity index (χ2v) is 4.56. The van der Waals surface area contributed by atoms with E-state index in [0.29, 0.717) is 19.6 Å². The van der Waals surface area contributed by atoms with Crippen LogP contribution in [0, 0.1) is 5.41 Å². The summed E-state index contributed by atoms with van der Waals surface area (Å²) in [6.45, 7) is 8.15. The van der Waals surface area contributed by atoms with Crippen LogP contribution in [0.25, 0.3) is 0 Å². The van der Waals surface area contributed by atoms with E-state index in [9.17, 15) is 9.59 Å². The molecule has 0 radical (unpaired) electrons. The molecule has 100 valence electrons. The van der Waals surface area contributed by atoms with E-state index < -0.39 is 5.41 Å². The van der Waals surface area contributed by atoms with Gasteiger partial charge in [-0.25, -0.2) is 0 Å². The lowest BCUT2D eigenvalue weighted by atomic mass is 9.92. The SMILES string of the molecule is CCOC(=O)C(CC)NCC(C)(C)C(=O)NC. The van der Waals surface area contributed by atoms with Crippen LogP contribution in [0.5, 0.6) is 0 Å². The third-order valence-corrected chi connectivity index (χ3v) is 2.61. The van der Waals surface area contributed by atoms with Gasteiger partial charge in [-0.2, -0.15) is 0 Å². The first-order chi connectivity index (χ1) is 7.88. The van der Waals surface area contributed by atoms with Crippen LogP contribution in [0.1, 0.15) is 34.1 Å². The van der Waals surface area contributed by atoms with Gasteiger partial charge in [0.15, 0.2) is 0 Å². The largest absolute Gasteiger partial charge is 0.465 e. The molecule has 17 heavy (non-hydrogen) atoms. The van der Waals surface area contributed by atoms with Crippen LogP contribution in [0.15, 0.2) is 0 Å². The van der Waals surface area contributed by atoms with Crippen molar-refractivity contribution in [2.75, 3.05) is 20.2 Å². The fourth-order valence-corrected chi connectivity index (χ4v) is 1.43. The summed E-state index contributed by atoms with van der Waals surface area (Å²) in [4.78, 5) is 23.1. The molecule has 0 aliphatic heterocycles. The Morgan fingerprint density at radius 1 is 1.29 bits per heavy atom. The minimum absolute atomic E-state index is 0.0521. The van der Waals surface area contributed by atoms with E-state index in [1.54, 1.807) is 14.0 Å². The second kappa shape index (κ2) is 7.27. The molecule has 1 atom stereocenters. The van der Waals surface area contributed by atoms with Crippen LogP contribution in [0.2, 0.25) is 0 Å². The summed E-state index contributed by atoms with van der Waals surface area (Å²) >= 11 is 0. The quantitative estimate of drug-likeness (QED) is 0.647. The summed E-state index contributed by atoms with van der Waals surface area (Å²) in [7, 11) is 1.60. The summed E-state index contributed by atoms with van der Waals surface area (Å²) < 4.78 is 4.94. The molecule has 0 aliphatic rings. The third kappa shape index (κ3) is 5.17. The maximum absolute atomic E-state index is 11.6. The molecule has 0 aliphatic carbocycles. The standard InChI is InChI=1S/C12H24N2O3/c1-6-9(10(15)17-7-2)14-8-12(3,4)11(16)13-5/h9,14H,6-8H2,1-5H3,(H,13,16). The Hall–Kier alpha value is -1.10. The van der Waals surface area contributed by atoms with E-state index >= 15 is 0 Å². The highest BCUT2D eigenvalue weighted by Crippen LogP contribution is 2.14. The molecule has 2 N–H and O–H groups in total. The van der Waals surface area contributed by atoms with Gasteiger partial charge in [0.25, 0.3) is 0 Å². The molecule has 0 heterocycles. The Balaban J connectivity index is 4.32. The highest BCUT2D eigenvalue weighted by atomic mass is 16.5. The number of carbonyl (C=O) groups is 2. The van der Waals surface area contributed by atoms with E-state index in [4.69, 9.17) is 4.74 Å². The number of rotatable bonds is 7. The van der Waals surface area contributed by atoms with Crippen molar-refractivity contribution in [2.45, 2.75) is 40.2 Å². The minimum atomic E-state index is -0.547. The molecule has 0 saturated carbocycles. The molecule has 1 amide bonds. The molecule has 0 fully saturated rings. The van der Waals surface area contributed by atoms with Gasteiger partial charge in [-0.15, -0.1) is 0 Å². The molecular weight excluding hydrogens is 220 g/mol. The number of carbonyl (C=O) groups excluding carboxylic acids is 2. The number of hydrogen-bond donors (Lipinski definition) is 2. The molecule has 5 nitrogen and oxygen atoms in total. The van der Waals surface area contributed by atoms with Crippen LogP contribution < -0.4 is 10.6 Å². The van der Waals surface area contributed by atoms with Gasteiger partial charge < -0.3 is 15.4 Å². The zero-order valence-corrected chi connectivity index (χ0v) is 11.4. The van der Waals surface area contributed by atoms with Gasteiger partial charge in [-0.05, 0) is 27.2 Å². The smallest absolute Gasteiger partial charge is 0.323 e. The van der Waals surface area contributed by atoms with Gasteiger partial charge in [0.05, 0.1) is 12.0 Å². The molecule has 1 unspecified atom stereocenters. The average molecular weight is 244 g/mol. The first-order valence-corrected chi connectivity index (χ1v) is 6.01. The number of esters is 1. The number of nitrogens with one attached hydrogen (secondary N) is 2. The van der Waals surface area contributed by atoms with Crippen molar-refractivity contribution in [3.63, 3.8) is 0 Å². The lowest BCUT2D eigenvalue weighted by Gasteiger charge is -2.25. The summed E-state index contributed by atoms with van der Waals surface area (Å²) in [6, 6.07) is -0.348. The van der Waals surface area contributed by atoms with Crippen LogP contribution >= 0.6 is 0 Å². The number of amides is 1. The Bertz CT molecular complexity index is 264. The van der Waals surface area contributed by atoms with Crippen molar-refractivity contribution in [2.24, 2.45) is 5.41 Å². The van der Waals surface area contributed by atoms with Crippen molar-refractivity contribution >= 4 is 11.9 Å². The zero-order chi connectivity index (χ0) is 13.5. The van der Waals surface area contributed by atoms with Gasteiger partial charge in [0.2, 0.25) is 5.91 Å². The highest BCUT2D eigenvalue weighted by molar-refractivity contribution is 5.82. The number of hydrogen-bond acceptors (Lipinski definition) is 4. The Morgan fingerprint density at radius 3 is 2.29 bits per heavy atom. The lowest BCUT2D eigenvalue weighted by molar-refractivity contribution is -0.146. The molecule has 0 bridgehead atoms. The van der Waals surface area contributed by atoms with E-state index in [0.717, 1.165) is 0 Å². The predicted molar refractivity (Wildman–Crippen MR) is 66.6 cm³/mol. The fourth-order valence-electron chi connectivity index (χ4n) is 1.43. The molecule has 0 rings (SSSR count). The monoisotopic (exact) mass is 244 g/mol. The lowest BCUT2D eigenvalue weighted by Crippen LogP contribution is -2.47. The van der Waals surface area contributed by atoms with Crippen molar-refractivity contribution in [1.82, 2.24) is 10.6 Å². The van der Waals surface area contributed by atoms with E-state index in [1.165, 1.54) is 0 Å². The normalized spacial score (nSPS) is 13.0. The minimum Gasteiger partial charge on any atom is -0.465 e. The van der Waals surface area contributed by atoms with Crippen molar-refractivity contribution in [3.8, 4) is 0 Å². The van der Waals surface area contributed by atoms with Gasteiger partial charge in [-0.1, -0.05) is 6.92 Å². The summed E-state index contributed by atoms with van der Waals surface area (Å²) in [5.41, 5.74) is -0.547. The van der Waals surface area contributed by atoms with Crippen molar-refractivity contribution in [1.29, 1.82) is 0 Å². The summed E-state index contributed by atoms with van der Waals surface area (Å²) in [5.74, 6) is -0.314. The van der Waals surface area contributed by atoms with Gasteiger partial charge in [0.1, 0.15) is 6.04 Å². The Labute approximate surface area is 103 Å². The fraction of sp³-hybridized carbons (Fsp3) is 0.833. The Kier molecular flexibility index (Phi) is 6.80. The van der Waals surface area contributed by atoms with E-state index in [1.807, 2.05) is 20.8 Å². The molecular formula is C12H24N2O3. The molecule has 0 aromatic carbocycles. The van der Waals surface area contributed by atoms with Crippen LogP contribution in [-0.4, -0.2) is 38.1 Å². The van der Waals surface area contributed by atoms with E-state index in [-0.39, 0.29) is 17.9 Å². The summed E-state index contributed by atoms with van der Waals surface area (Å²) in [6.07, 6.45) is 0.642. The van der Waals surface area contributed by atoms with Crippen molar-refractivity contribution in [3.05, 3.63) is 0 Å². The third-order valence-electron chi connectivity index (χ3n) is 2.61. The number of ether oxygens (including phenoxy) is 1. The average Bonchev–Trinajstić information content (AvgIpc) is 2.28. The van der Waals surface area contributed by atoms with Crippen LogP contribution in [-0.2, 0) is 14.3 Å². The van der Waals surface area contributed by atoms with E-state index in [2.05, 4.69) is 10.6 Å². The molecule has 0 spiro atoms. The predicted octanol–water partition coefficient (Wildman–Crippen LogP) is 0.690. The molecule has 0 saturated heterocycles. The zero-order valence-electron chi connectivity index (χ0n) is 11.4. The van der Waals surface area contributed by atoms with Crippen LogP contribution in [0.4, 0.5) is 0 Å². The van der Waals surface area contributed by atoms with Crippen molar-refractivity contribution < 1.29 is 14.3 Å². The first-order valence-electron chi connectivity index (χ1n) is 6.01. The molecule has 0 aromatic heterocycles. The summed E-state index contributed by atoms with van der Waals surface area (Å²) in [5, 5.41) is 5.68. The molecule has 5 heteroatoms. The van der Waals surface area contributed by atoms with Gasteiger partial charge in [0, 0.05) is 13.6 Å². The topological polar surface area (TPSA) is 67.4 Å². The van der Waals surface area contributed by atoms with Gasteiger partial charge >= 0.3 is 5.97 Å². The Morgan fingerprint density at radius 2 is 1.88 bits per heavy atom. The second-order valence-electron chi connectivity index (χ2n) is 4.56. The maximum atomic E-state index is 11.6. The van der Waals surface area contributed by atoms with Crippen LogP contribution in [0.3, 0.4) is 0 Å². The van der Waals surface area contributed by atoms with Gasteiger partial charge in [-0.3, -0.25) is 9.59 Å². The first kappa shape index (κ1) is 15.9. The highest BCUT2D eigenvalue weighted by Gasteiger charge is 2.28.